The number of nitrogens with zero attached hydrogens (tertiary/aromatic N) is 1. The van der Waals surface area contributed by atoms with E-state index in [2.05, 4.69) is 10.1 Å². The molecule has 1 fully saturated rings. The van der Waals surface area contributed by atoms with Crippen LogP contribution < -0.4 is 14.8 Å². The van der Waals surface area contributed by atoms with Crippen molar-refractivity contribution < 1.29 is 27.8 Å². The fourth-order valence-electron chi connectivity index (χ4n) is 3.56. The molecule has 0 saturated carbocycles. The maximum atomic E-state index is 12.7. The molecule has 6 nitrogen and oxygen atoms in total. The minimum absolute atomic E-state index is 0.000811. The summed E-state index contributed by atoms with van der Waals surface area (Å²) in [6.07, 6.45) is 1.78. The van der Waals surface area contributed by atoms with Crippen LogP contribution in [0.2, 0.25) is 0 Å². The molecule has 1 N–H and O–H groups in total. The molecule has 1 heterocycles. The van der Waals surface area contributed by atoms with Crippen LogP contribution in [0, 0.1) is 6.92 Å². The van der Waals surface area contributed by atoms with Crippen LogP contribution in [0.15, 0.2) is 42.5 Å². The smallest absolute Gasteiger partial charge is 0.387 e. The lowest BCUT2D eigenvalue weighted by Crippen LogP contribution is -2.39. The maximum absolute atomic E-state index is 12.7. The second-order valence-corrected chi connectivity index (χ2v) is 7.08. The number of carbonyl (C=O) groups excluding carboxylic acids is 2. The Morgan fingerprint density at radius 3 is 2.57 bits per heavy atom. The highest BCUT2D eigenvalue weighted by Gasteiger charge is 2.29. The highest BCUT2D eigenvalue weighted by molar-refractivity contribution is 5.97. The summed E-state index contributed by atoms with van der Waals surface area (Å²) < 4.78 is 34.2. The van der Waals surface area contributed by atoms with Gasteiger partial charge in [-0.3, -0.25) is 9.59 Å². The van der Waals surface area contributed by atoms with E-state index in [-0.39, 0.29) is 35.6 Å². The summed E-state index contributed by atoms with van der Waals surface area (Å²) >= 11 is 0. The number of aryl methyl sites for hydroxylation is 1. The van der Waals surface area contributed by atoms with E-state index < -0.39 is 12.5 Å². The summed E-state index contributed by atoms with van der Waals surface area (Å²) in [4.78, 5) is 26.9. The molecular formula is C22H24F2N2O4. The molecule has 30 heavy (non-hydrogen) atoms. The molecule has 8 heteroatoms. The molecule has 1 atom stereocenters. The molecule has 2 amide bonds. The van der Waals surface area contributed by atoms with Gasteiger partial charge < -0.3 is 19.7 Å². The quantitative estimate of drug-likeness (QED) is 0.745. The molecule has 3 rings (SSSR count). The van der Waals surface area contributed by atoms with Gasteiger partial charge in [-0.15, -0.1) is 0 Å². The number of rotatable bonds is 7. The van der Waals surface area contributed by atoms with E-state index in [1.54, 1.807) is 4.90 Å². The van der Waals surface area contributed by atoms with Gasteiger partial charge in [-0.05, 0) is 43.5 Å². The molecular weight excluding hydrogens is 394 g/mol. The van der Waals surface area contributed by atoms with Crippen molar-refractivity contribution in [1.29, 1.82) is 0 Å². The average Bonchev–Trinajstić information content (AvgIpc) is 3.22. The van der Waals surface area contributed by atoms with Gasteiger partial charge in [0.05, 0.1) is 19.7 Å². The summed E-state index contributed by atoms with van der Waals surface area (Å²) in [5.41, 5.74) is 2.41. The van der Waals surface area contributed by atoms with Crippen LogP contribution in [-0.2, 0) is 4.79 Å². The topological polar surface area (TPSA) is 67.9 Å². The Morgan fingerprint density at radius 2 is 1.90 bits per heavy atom. The van der Waals surface area contributed by atoms with Gasteiger partial charge in [-0.1, -0.05) is 29.8 Å². The number of hydrogen-bond acceptors (Lipinski definition) is 4. The van der Waals surface area contributed by atoms with E-state index in [4.69, 9.17) is 4.74 Å². The zero-order valence-electron chi connectivity index (χ0n) is 16.9. The van der Waals surface area contributed by atoms with Crippen molar-refractivity contribution in [2.45, 2.75) is 32.4 Å². The number of amides is 2. The van der Waals surface area contributed by atoms with Crippen LogP contribution in [0.1, 0.15) is 40.4 Å². The lowest BCUT2D eigenvalue weighted by atomic mass is 10.0. The molecule has 2 aromatic rings. The molecule has 2 aromatic carbocycles. The summed E-state index contributed by atoms with van der Waals surface area (Å²) in [5.74, 6) is -0.834. The first-order chi connectivity index (χ1) is 14.4. The van der Waals surface area contributed by atoms with Crippen molar-refractivity contribution in [3.63, 3.8) is 0 Å². The standard InChI is InChI=1S/C22H24F2N2O4/c1-14-5-7-15(8-6-14)17-4-3-11-26(17)20(27)13-25-21(28)16-9-10-18(30-22(23)24)19(12-16)29-2/h5-10,12,17,22H,3-4,11,13H2,1-2H3,(H,25,28). The lowest BCUT2D eigenvalue weighted by molar-refractivity contribution is -0.131. The molecule has 0 radical (unpaired) electrons. The first-order valence-corrected chi connectivity index (χ1v) is 9.66. The van der Waals surface area contributed by atoms with E-state index in [9.17, 15) is 18.4 Å². The van der Waals surface area contributed by atoms with Crippen LogP contribution in [0.3, 0.4) is 0 Å². The number of methoxy groups -OCH3 is 1. The summed E-state index contributed by atoms with van der Waals surface area (Å²) in [6, 6.07) is 12.0. The number of ether oxygens (including phenoxy) is 2. The van der Waals surface area contributed by atoms with Gasteiger partial charge in [0.1, 0.15) is 0 Å². The molecule has 1 aliphatic rings. The van der Waals surface area contributed by atoms with Crippen LogP contribution >= 0.6 is 0 Å². The molecule has 1 aliphatic heterocycles. The van der Waals surface area contributed by atoms with Gasteiger partial charge in [0.15, 0.2) is 11.5 Å². The first-order valence-electron chi connectivity index (χ1n) is 9.66. The van der Waals surface area contributed by atoms with Crippen molar-refractivity contribution in [3.05, 3.63) is 59.2 Å². The Labute approximate surface area is 173 Å². The number of carbonyl (C=O) groups is 2. The van der Waals surface area contributed by atoms with Crippen molar-refractivity contribution in [1.82, 2.24) is 10.2 Å². The highest BCUT2D eigenvalue weighted by atomic mass is 19.3. The van der Waals surface area contributed by atoms with Gasteiger partial charge in [0.2, 0.25) is 5.91 Å². The molecule has 0 aromatic heterocycles. The first kappa shape index (κ1) is 21.5. The lowest BCUT2D eigenvalue weighted by Gasteiger charge is -2.25. The Balaban J connectivity index is 1.62. The second-order valence-electron chi connectivity index (χ2n) is 7.08. The average molecular weight is 418 g/mol. The summed E-state index contributed by atoms with van der Waals surface area (Å²) in [5, 5.41) is 2.59. The van der Waals surface area contributed by atoms with Crippen molar-refractivity contribution >= 4 is 11.8 Å². The van der Waals surface area contributed by atoms with Crippen LogP contribution in [0.5, 0.6) is 11.5 Å². The Morgan fingerprint density at radius 1 is 1.17 bits per heavy atom. The van der Waals surface area contributed by atoms with Gasteiger partial charge in [-0.25, -0.2) is 0 Å². The predicted octanol–water partition coefficient (Wildman–Crippen LogP) is 3.70. The van der Waals surface area contributed by atoms with Crippen molar-refractivity contribution in [2.75, 3.05) is 20.2 Å². The number of nitrogens with one attached hydrogen (secondary N) is 1. The van der Waals surface area contributed by atoms with Gasteiger partial charge in [-0.2, -0.15) is 8.78 Å². The van der Waals surface area contributed by atoms with E-state index in [1.165, 1.54) is 25.3 Å². The molecule has 0 spiro atoms. The zero-order valence-corrected chi connectivity index (χ0v) is 16.9. The fraction of sp³-hybridized carbons (Fsp3) is 0.364. The number of alkyl halides is 2. The van der Waals surface area contributed by atoms with E-state index in [1.807, 2.05) is 31.2 Å². The van der Waals surface area contributed by atoms with Gasteiger partial charge in [0.25, 0.3) is 5.91 Å². The summed E-state index contributed by atoms with van der Waals surface area (Å²) in [6.45, 7) is -0.504. The minimum atomic E-state index is -3.00. The monoisotopic (exact) mass is 418 g/mol. The third kappa shape index (κ3) is 5.06. The minimum Gasteiger partial charge on any atom is -0.493 e. The number of likely N-dealkylation sites (tertiary alicyclic amines) is 1. The van der Waals surface area contributed by atoms with E-state index in [0.717, 1.165) is 24.0 Å². The fourth-order valence-corrected chi connectivity index (χ4v) is 3.56. The third-order valence-corrected chi connectivity index (χ3v) is 5.08. The number of hydrogen-bond donors (Lipinski definition) is 1. The molecule has 1 saturated heterocycles. The maximum Gasteiger partial charge on any atom is 0.387 e. The summed E-state index contributed by atoms with van der Waals surface area (Å²) in [7, 11) is 1.29. The molecule has 160 valence electrons. The molecule has 0 aliphatic carbocycles. The predicted molar refractivity (Wildman–Crippen MR) is 107 cm³/mol. The molecule has 0 bridgehead atoms. The third-order valence-electron chi connectivity index (χ3n) is 5.08. The van der Waals surface area contributed by atoms with E-state index in [0.29, 0.717) is 6.54 Å². The van der Waals surface area contributed by atoms with E-state index >= 15 is 0 Å². The Bertz CT molecular complexity index is 903. The zero-order chi connectivity index (χ0) is 21.7. The van der Waals surface area contributed by atoms with Crippen molar-refractivity contribution in [3.8, 4) is 11.5 Å². The van der Waals surface area contributed by atoms with Gasteiger partial charge >= 0.3 is 6.61 Å². The molecule has 1 unspecified atom stereocenters. The van der Waals surface area contributed by atoms with Crippen LogP contribution in [0.25, 0.3) is 0 Å². The van der Waals surface area contributed by atoms with Crippen molar-refractivity contribution in [2.24, 2.45) is 0 Å². The second kappa shape index (κ2) is 9.56. The van der Waals surface area contributed by atoms with Gasteiger partial charge in [0, 0.05) is 12.1 Å². The Hall–Kier alpha value is -3.16. The highest BCUT2D eigenvalue weighted by Crippen LogP contribution is 2.32. The Kier molecular flexibility index (Phi) is 6.87. The van der Waals surface area contributed by atoms with Crippen LogP contribution in [0.4, 0.5) is 8.78 Å². The normalized spacial score (nSPS) is 15.9. The number of halogens is 2. The SMILES string of the molecule is COc1cc(C(=O)NCC(=O)N2CCCC2c2ccc(C)cc2)ccc1OC(F)F. The largest absolute Gasteiger partial charge is 0.493 e. The number of benzene rings is 2. The van der Waals surface area contributed by atoms with Crippen LogP contribution in [-0.4, -0.2) is 43.5 Å².